The number of nitrogens with zero attached hydrogens (tertiary/aromatic N) is 2. The van der Waals surface area contributed by atoms with E-state index in [1.165, 1.54) is 0 Å². The van der Waals surface area contributed by atoms with Crippen LogP contribution in [0.25, 0.3) is 0 Å². The zero-order valence-electron chi connectivity index (χ0n) is 13.2. The first-order valence-electron chi connectivity index (χ1n) is 7.12. The lowest BCUT2D eigenvalue weighted by Gasteiger charge is -2.32. The van der Waals surface area contributed by atoms with E-state index in [0.717, 1.165) is 0 Å². The summed E-state index contributed by atoms with van der Waals surface area (Å²) < 4.78 is 5.16. The molecule has 1 rings (SSSR count). The van der Waals surface area contributed by atoms with Crippen LogP contribution in [-0.2, 0) is 19.1 Å². The molecule has 0 aromatic carbocycles. The Hall–Kier alpha value is -1.92. The molecule has 0 spiro atoms. The number of hydrazone groups is 1. The van der Waals surface area contributed by atoms with E-state index in [-0.39, 0.29) is 42.5 Å². The van der Waals surface area contributed by atoms with Gasteiger partial charge in [0.25, 0.3) is 5.91 Å². The number of amides is 2. The van der Waals surface area contributed by atoms with Gasteiger partial charge in [0.1, 0.15) is 5.71 Å². The number of ether oxygens (including phenoxy) is 1. The molecule has 1 N–H and O–H groups in total. The Balaban J connectivity index is 2.67. The molecular weight excluding hydrogens is 274 g/mol. The zero-order valence-corrected chi connectivity index (χ0v) is 13.2. The second kappa shape index (κ2) is 7.19. The molecule has 1 aliphatic heterocycles. The van der Waals surface area contributed by atoms with Crippen molar-refractivity contribution in [3.05, 3.63) is 0 Å². The normalized spacial score (nSPS) is 16.3. The third-order valence-corrected chi connectivity index (χ3v) is 3.14. The van der Waals surface area contributed by atoms with Crippen molar-refractivity contribution in [1.82, 2.24) is 10.3 Å². The summed E-state index contributed by atoms with van der Waals surface area (Å²) in [4.78, 5) is 36.9. The lowest BCUT2D eigenvalue weighted by Crippen LogP contribution is -2.48. The SMILES string of the molecule is CC(C)N(C(=O)[C@H](C)OC(=O)C1=NNC(=O)CC1)C(C)C. The lowest BCUT2D eigenvalue weighted by molar-refractivity contribution is -0.156. The Morgan fingerprint density at radius 2 is 1.71 bits per heavy atom. The van der Waals surface area contributed by atoms with Gasteiger partial charge in [0.2, 0.25) is 5.91 Å². The molecule has 0 aliphatic carbocycles. The molecule has 7 nitrogen and oxygen atoms in total. The van der Waals surface area contributed by atoms with Gasteiger partial charge in [0, 0.05) is 24.9 Å². The Morgan fingerprint density at radius 1 is 1.14 bits per heavy atom. The summed E-state index contributed by atoms with van der Waals surface area (Å²) in [5.41, 5.74) is 2.36. The third-order valence-electron chi connectivity index (χ3n) is 3.14. The standard InChI is InChI=1S/C14H23N3O4/c1-8(2)17(9(3)4)13(19)10(5)21-14(20)11-6-7-12(18)16-15-11/h8-10H,6-7H2,1-5H3,(H,16,18)/t10-/m0/s1. The Kier molecular flexibility index (Phi) is 5.87. The van der Waals surface area contributed by atoms with E-state index in [2.05, 4.69) is 10.5 Å². The maximum absolute atomic E-state index is 12.3. The average molecular weight is 297 g/mol. The Labute approximate surface area is 124 Å². The quantitative estimate of drug-likeness (QED) is 0.761. The van der Waals surface area contributed by atoms with Crippen LogP contribution < -0.4 is 5.43 Å². The van der Waals surface area contributed by atoms with Gasteiger partial charge in [-0.3, -0.25) is 9.59 Å². The fourth-order valence-electron chi connectivity index (χ4n) is 2.22. The van der Waals surface area contributed by atoms with Crippen LogP contribution in [-0.4, -0.2) is 46.6 Å². The molecule has 7 heteroatoms. The smallest absolute Gasteiger partial charge is 0.355 e. The van der Waals surface area contributed by atoms with Crippen LogP contribution in [0.5, 0.6) is 0 Å². The Morgan fingerprint density at radius 3 is 2.14 bits per heavy atom. The van der Waals surface area contributed by atoms with Gasteiger partial charge in [-0.25, -0.2) is 10.2 Å². The summed E-state index contributed by atoms with van der Waals surface area (Å²) in [5, 5.41) is 3.66. The van der Waals surface area contributed by atoms with E-state index in [1.54, 1.807) is 11.8 Å². The number of nitrogens with one attached hydrogen (secondary N) is 1. The van der Waals surface area contributed by atoms with E-state index >= 15 is 0 Å². The molecule has 0 saturated heterocycles. The molecular formula is C14H23N3O4. The van der Waals surface area contributed by atoms with Crippen LogP contribution in [0.3, 0.4) is 0 Å². The van der Waals surface area contributed by atoms with Crippen molar-refractivity contribution in [3.63, 3.8) is 0 Å². The molecule has 0 fully saturated rings. The van der Waals surface area contributed by atoms with Crippen LogP contribution in [0.4, 0.5) is 0 Å². The van der Waals surface area contributed by atoms with Crippen molar-refractivity contribution in [2.24, 2.45) is 5.10 Å². The summed E-state index contributed by atoms with van der Waals surface area (Å²) >= 11 is 0. The second-order valence-corrected chi connectivity index (χ2v) is 5.57. The lowest BCUT2D eigenvalue weighted by atomic mass is 10.1. The molecule has 0 bridgehead atoms. The second-order valence-electron chi connectivity index (χ2n) is 5.57. The number of hydrogen-bond donors (Lipinski definition) is 1. The number of carbonyl (C=O) groups excluding carboxylic acids is 3. The zero-order chi connectivity index (χ0) is 16.2. The highest BCUT2D eigenvalue weighted by Crippen LogP contribution is 2.11. The van der Waals surface area contributed by atoms with E-state index in [9.17, 15) is 14.4 Å². The molecule has 1 aliphatic rings. The van der Waals surface area contributed by atoms with Crippen molar-refractivity contribution in [1.29, 1.82) is 0 Å². The average Bonchev–Trinajstić information content (AvgIpc) is 2.38. The van der Waals surface area contributed by atoms with Crippen molar-refractivity contribution in [2.45, 2.75) is 65.6 Å². The van der Waals surface area contributed by atoms with Crippen LogP contribution in [0, 0.1) is 0 Å². The molecule has 0 aromatic heterocycles. The summed E-state index contributed by atoms with van der Waals surface area (Å²) in [6.07, 6.45) is -0.466. The predicted molar refractivity (Wildman–Crippen MR) is 77.5 cm³/mol. The number of esters is 1. The van der Waals surface area contributed by atoms with Crippen LogP contribution in [0.15, 0.2) is 5.10 Å². The topological polar surface area (TPSA) is 88.1 Å². The van der Waals surface area contributed by atoms with E-state index in [4.69, 9.17) is 4.74 Å². The number of carbonyl (C=O) groups is 3. The van der Waals surface area contributed by atoms with Crippen LogP contribution in [0.2, 0.25) is 0 Å². The van der Waals surface area contributed by atoms with Crippen molar-refractivity contribution in [3.8, 4) is 0 Å². The van der Waals surface area contributed by atoms with Crippen molar-refractivity contribution >= 4 is 23.5 Å². The monoisotopic (exact) mass is 297 g/mol. The molecule has 118 valence electrons. The van der Waals surface area contributed by atoms with Crippen LogP contribution >= 0.6 is 0 Å². The molecule has 0 unspecified atom stereocenters. The highest BCUT2D eigenvalue weighted by atomic mass is 16.5. The van der Waals surface area contributed by atoms with Gasteiger partial charge in [0.05, 0.1) is 0 Å². The predicted octanol–water partition coefficient (Wildman–Crippen LogP) is 0.829. The molecule has 1 atom stereocenters. The maximum atomic E-state index is 12.3. The maximum Gasteiger partial charge on any atom is 0.355 e. The van der Waals surface area contributed by atoms with Gasteiger partial charge in [-0.1, -0.05) is 0 Å². The highest BCUT2D eigenvalue weighted by molar-refractivity contribution is 6.37. The minimum absolute atomic E-state index is 0.0185. The van der Waals surface area contributed by atoms with Gasteiger partial charge in [-0.2, -0.15) is 5.10 Å². The fraction of sp³-hybridized carbons (Fsp3) is 0.714. The van der Waals surface area contributed by atoms with E-state index in [1.807, 2.05) is 27.7 Å². The first-order chi connectivity index (χ1) is 9.73. The van der Waals surface area contributed by atoms with Gasteiger partial charge < -0.3 is 9.64 Å². The fourth-order valence-corrected chi connectivity index (χ4v) is 2.22. The van der Waals surface area contributed by atoms with Crippen molar-refractivity contribution in [2.75, 3.05) is 0 Å². The van der Waals surface area contributed by atoms with Crippen LogP contribution in [0.1, 0.15) is 47.5 Å². The first kappa shape index (κ1) is 17.1. The van der Waals surface area contributed by atoms with Crippen molar-refractivity contribution < 1.29 is 19.1 Å². The molecule has 21 heavy (non-hydrogen) atoms. The molecule has 2 amide bonds. The minimum Gasteiger partial charge on any atom is -0.448 e. The minimum atomic E-state index is -0.886. The molecule has 0 radical (unpaired) electrons. The number of rotatable bonds is 5. The highest BCUT2D eigenvalue weighted by Gasteiger charge is 2.29. The van der Waals surface area contributed by atoms with Gasteiger partial charge in [-0.15, -0.1) is 0 Å². The van der Waals surface area contributed by atoms with E-state index < -0.39 is 12.1 Å². The summed E-state index contributed by atoms with van der Waals surface area (Å²) in [6, 6.07) is 0.0370. The summed E-state index contributed by atoms with van der Waals surface area (Å²) in [6.45, 7) is 9.18. The molecule has 0 saturated carbocycles. The third kappa shape index (κ3) is 4.54. The first-order valence-corrected chi connectivity index (χ1v) is 7.12. The molecule has 0 aromatic rings. The summed E-state index contributed by atoms with van der Waals surface area (Å²) in [7, 11) is 0. The largest absolute Gasteiger partial charge is 0.448 e. The van der Waals surface area contributed by atoms with Gasteiger partial charge in [-0.05, 0) is 34.6 Å². The van der Waals surface area contributed by atoms with E-state index in [0.29, 0.717) is 0 Å². The summed E-state index contributed by atoms with van der Waals surface area (Å²) in [5.74, 6) is -1.14. The Bertz CT molecular complexity index is 449. The van der Waals surface area contributed by atoms with Gasteiger partial charge in [0.15, 0.2) is 6.10 Å². The molecule has 1 heterocycles. The number of hydrogen-bond acceptors (Lipinski definition) is 5. The van der Waals surface area contributed by atoms with Gasteiger partial charge >= 0.3 is 5.97 Å².